The minimum absolute atomic E-state index is 0.00294. The minimum Gasteiger partial charge on any atom is -0.452 e. The van der Waals surface area contributed by atoms with Gasteiger partial charge in [0, 0.05) is 13.1 Å². The Morgan fingerprint density at radius 2 is 2.35 bits per heavy atom. The summed E-state index contributed by atoms with van der Waals surface area (Å²) in [7, 11) is 0. The van der Waals surface area contributed by atoms with Crippen molar-refractivity contribution < 1.29 is 13.6 Å². The molecule has 3 heterocycles. The van der Waals surface area contributed by atoms with Crippen molar-refractivity contribution in [2.75, 3.05) is 18.8 Å². The molecular weight excluding hydrogens is 284 g/mol. The Morgan fingerprint density at radius 1 is 1.50 bits per heavy atom. The Bertz CT molecular complexity index is 624. The zero-order valence-electron chi connectivity index (χ0n) is 10.6. The summed E-state index contributed by atoms with van der Waals surface area (Å²) in [6.07, 6.45) is 3.13. The predicted octanol–water partition coefficient (Wildman–Crippen LogP) is 1.92. The van der Waals surface area contributed by atoms with E-state index < -0.39 is 0 Å². The summed E-state index contributed by atoms with van der Waals surface area (Å²) in [6.45, 7) is 1.17. The van der Waals surface area contributed by atoms with Crippen LogP contribution >= 0.6 is 11.6 Å². The summed E-state index contributed by atoms with van der Waals surface area (Å²) in [5.41, 5.74) is 5.80. The van der Waals surface area contributed by atoms with Gasteiger partial charge in [0.05, 0.1) is 17.7 Å². The van der Waals surface area contributed by atoms with Crippen LogP contribution in [0.5, 0.6) is 0 Å². The van der Waals surface area contributed by atoms with Crippen LogP contribution in [0.15, 0.2) is 21.2 Å². The minimum atomic E-state index is -0.152. The average Bonchev–Trinajstić information content (AvgIpc) is 3.07. The SMILES string of the molecule is Nc1nnc(C2CCCN(C(=O)c3ccoc3Cl)C2)o1. The van der Waals surface area contributed by atoms with Crippen molar-refractivity contribution in [3.05, 3.63) is 29.0 Å². The van der Waals surface area contributed by atoms with Crippen LogP contribution in [0.25, 0.3) is 0 Å². The maximum absolute atomic E-state index is 12.4. The fourth-order valence-corrected chi connectivity index (χ4v) is 2.59. The molecule has 7 nitrogen and oxygen atoms in total. The highest BCUT2D eigenvalue weighted by Crippen LogP contribution is 2.28. The number of hydrogen-bond acceptors (Lipinski definition) is 6. The fourth-order valence-electron chi connectivity index (χ4n) is 2.39. The van der Waals surface area contributed by atoms with Crippen molar-refractivity contribution in [2.45, 2.75) is 18.8 Å². The summed E-state index contributed by atoms with van der Waals surface area (Å²) < 4.78 is 10.2. The van der Waals surface area contributed by atoms with Crippen LogP contribution in [0, 0.1) is 0 Å². The van der Waals surface area contributed by atoms with Crippen molar-refractivity contribution in [2.24, 2.45) is 0 Å². The van der Waals surface area contributed by atoms with Crippen LogP contribution in [-0.4, -0.2) is 34.1 Å². The maximum Gasteiger partial charge on any atom is 0.312 e. The van der Waals surface area contributed by atoms with Crippen molar-refractivity contribution in [3.63, 3.8) is 0 Å². The molecule has 0 bridgehead atoms. The number of aromatic nitrogens is 2. The van der Waals surface area contributed by atoms with Gasteiger partial charge in [-0.25, -0.2) is 0 Å². The molecule has 2 N–H and O–H groups in total. The molecule has 1 aliphatic rings. The van der Waals surface area contributed by atoms with Crippen LogP contribution in [-0.2, 0) is 0 Å². The number of hydrogen-bond donors (Lipinski definition) is 1. The number of nitrogens with zero attached hydrogens (tertiary/aromatic N) is 3. The first kappa shape index (κ1) is 13.0. The Labute approximate surface area is 119 Å². The summed E-state index contributed by atoms with van der Waals surface area (Å²) in [6, 6.07) is 1.61. The molecule has 1 saturated heterocycles. The molecule has 2 aromatic rings. The molecule has 0 aromatic carbocycles. The summed E-state index contributed by atoms with van der Waals surface area (Å²) in [5.74, 6) is 0.322. The van der Waals surface area contributed by atoms with Gasteiger partial charge in [0.1, 0.15) is 0 Å². The van der Waals surface area contributed by atoms with Crippen LogP contribution in [0.2, 0.25) is 5.22 Å². The van der Waals surface area contributed by atoms with Gasteiger partial charge in [0.2, 0.25) is 11.1 Å². The molecule has 1 atom stereocenters. The lowest BCUT2D eigenvalue weighted by molar-refractivity contribution is 0.0698. The number of likely N-dealkylation sites (tertiary alicyclic amines) is 1. The van der Waals surface area contributed by atoms with E-state index >= 15 is 0 Å². The topological polar surface area (TPSA) is 98.4 Å². The number of carbonyl (C=O) groups excluding carboxylic acids is 1. The number of furan rings is 1. The molecule has 3 rings (SSSR count). The number of halogens is 1. The standard InChI is InChI=1S/C12H13ClN4O3/c13-9-8(3-5-19-9)11(18)17-4-1-2-7(6-17)10-15-16-12(14)20-10/h3,5,7H,1-2,4,6H2,(H2,14,16). The van der Waals surface area contributed by atoms with Gasteiger partial charge in [0.25, 0.3) is 5.91 Å². The summed E-state index contributed by atoms with van der Waals surface area (Å²) >= 11 is 5.84. The highest BCUT2D eigenvalue weighted by molar-refractivity contribution is 6.32. The molecule has 106 valence electrons. The van der Waals surface area contributed by atoms with Crippen molar-refractivity contribution in [1.82, 2.24) is 15.1 Å². The third-order valence-corrected chi connectivity index (χ3v) is 3.66. The van der Waals surface area contributed by atoms with Gasteiger partial charge in [-0.1, -0.05) is 5.10 Å². The molecule has 2 aromatic heterocycles. The quantitative estimate of drug-likeness (QED) is 0.909. The van der Waals surface area contributed by atoms with Gasteiger partial charge in [-0.15, -0.1) is 5.10 Å². The fraction of sp³-hybridized carbons (Fsp3) is 0.417. The van der Waals surface area contributed by atoms with Crippen molar-refractivity contribution in [3.8, 4) is 0 Å². The zero-order valence-corrected chi connectivity index (χ0v) is 11.3. The second-order valence-electron chi connectivity index (χ2n) is 4.68. The van der Waals surface area contributed by atoms with Gasteiger partial charge in [-0.2, -0.15) is 0 Å². The highest BCUT2D eigenvalue weighted by atomic mass is 35.5. The highest BCUT2D eigenvalue weighted by Gasteiger charge is 2.30. The van der Waals surface area contributed by atoms with Gasteiger partial charge in [-0.3, -0.25) is 4.79 Å². The van der Waals surface area contributed by atoms with E-state index in [0.29, 0.717) is 24.5 Å². The van der Waals surface area contributed by atoms with Crippen LogP contribution < -0.4 is 5.73 Å². The number of amides is 1. The van der Waals surface area contributed by atoms with Crippen LogP contribution in [0.3, 0.4) is 0 Å². The summed E-state index contributed by atoms with van der Waals surface area (Å²) in [4.78, 5) is 14.1. The molecule has 1 unspecified atom stereocenters. The Morgan fingerprint density at radius 3 is 3.00 bits per heavy atom. The lowest BCUT2D eigenvalue weighted by Crippen LogP contribution is -2.39. The maximum atomic E-state index is 12.4. The second-order valence-corrected chi connectivity index (χ2v) is 5.02. The van der Waals surface area contributed by atoms with E-state index in [1.54, 1.807) is 11.0 Å². The molecule has 1 amide bonds. The lowest BCUT2D eigenvalue weighted by Gasteiger charge is -2.30. The van der Waals surface area contributed by atoms with E-state index in [2.05, 4.69) is 10.2 Å². The number of rotatable bonds is 2. The molecule has 20 heavy (non-hydrogen) atoms. The Hall–Kier alpha value is -2.02. The number of anilines is 1. The van der Waals surface area contributed by atoms with E-state index in [-0.39, 0.29) is 23.1 Å². The van der Waals surface area contributed by atoms with Gasteiger partial charge >= 0.3 is 6.01 Å². The van der Waals surface area contributed by atoms with E-state index in [1.807, 2.05) is 0 Å². The van der Waals surface area contributed by atoms with Crippen LogP contribution in [0.4, 0.5) is 6.01 Å². The van der Waals surface area contributed by atoms with Gasteiger partial charge in [-0.05, 0) is 30.5 Å². The number of carbonyl (C=O) groups is 1. The van der Waals surface area contributed by atoms with Crippen molar-refractivity contribution >= 4 is 23.5 Å². The molecule has 0 aliphatic carbocycles. The monoisotopic (exact) mass is 296 g/mol. The number of piperidine rings is 1. The van der Waals surface area contributed by atoms with E-state index in [0.717, 1.165) is 12.8 Å². The zero-order chi connectivity index (χ0) is 14.1. The predicted molar refractivity (Wildman–Crippen MR) is 70.3 cm³/mol. The number of nitrogen functional groups attached to an aromatic ring is 1. The number of nitrogens with two attached hydrogens (primary N) is 1. The van der Waals surface area contributed by atoms with Crippen molar-refractivity contribution in [1.29, 1.82) is 0 Å². The van der Waals surface area contributed by atoms with Gasteiger partial charge in [0.15, 0.2) is 0 Å². The molecule has 0 spiro atoms. The molecular formula is C12H13ClN4O3. The third-order valence-electron chi connectivity index (χ3n) is 3.36. The Kier molecular flexibility index (Phi) is 3.35. The van der Waals surface area contributed by atoms with E-state index in [4.69, 9.17) is 26.2 Å². The normalized spacial score (nSPS) is 19.2. The average molecular weight is 297 g/mol. The lowest BCUT2D eigenvalue weighted by atomic mass is 9.97. The molecule has 1 aliphatic heterocycles. The second kappa shape index (κ2) is 5.16. The van der Waals surface area contributed by atoms with E-state index in [9.17, 15) is 4.79 Å². The molecule has 1 fully saturated rings. The molecule has 0 radical (unpaired) electrons. The molecule has 0 saturated carbocycles. The first-order valence-corrected chi connectivity index (χ1v) is 6.64. The first-order valence-electron chi connectivity index (χ1n) is 6.26. The Balaban J connectivity index is 1.75. The van der Waals surface area contributed by atoms with Gasteiger partial charge < -0.3 is 19.5 Å². The first-order chi connectivity index (χ1) is 9.65. The third kappa shape index (κ3) is 2.36. The largest absolute Gasteiger partial charge is 0.452 e. The summed E-state index contributed by atoms with van der Waals surface area (Å²) in [5, 5.41) is 7.65. The molecule has 8 heteroatoms. The van der Waals surface area contributed by atoms with E-state index in [1.165, 1.54) is 6.26 Å². The van der Waals surface area contributed by atoms with Crippen LogP contribution in [0.1, 0.15) is 35.0 Å². The smallest absolute Gasteiger partial charge is 0.312 e.